The molecule has 5 aromatic rings. The van der Waals surface area contributed by atoms with Crippen LogP contribution in [-0.4, -0.2) is 152 Å². The van der Waals surface area contributed by atoms with Crippen molar-refractivity contribution in [3.8, 4) is 17.4 Å². The van der Waals surface area contributed by atoms with Crippen molar-refractivity contribution in [2.45, 2.75) is 117 Å². The number of aliphatic hydroxyl groups is 1. The fourth-order valence-corrected chi connectivity index (χ4v) is 14.7. The van der Waals surface area contributed by atoms with Gasteiger partial charge in [0, 0.05) is 81.2 Å². The Labute approximate surface area is 441 Å². The van der Waals surface area contributed by atoms with Gasteiger partial charge in [-0.15, -0.1) is 0 Å². The minimum Gasteiger partial charge on any atom is -0.491 e. The number of amides is 1. The van der Waals surface area contributed by atoms with E-state index in [9.17, 15) is 20.0 Å². The summed E-state index contributed by atoms with van der Waals surface area (Å²) in [5, 5.41) is 27.7. The van der Waals surface area contributed by atoms with E-state index in [4.69, 9.17) is 34.4 Å². The molecule has 76 heavy (non-hydrogen) atoms. The van der Waals surface area contributed by atoms with Gasteiger partial charge in [-0.1, -0.05) is 18.2 Å². The Kier molecular flexibility index (Phi) is 13.1. The van der Waals surface area contributed by atoms with Crippen LogP contribution in [0.2, 0.25) is 0 Å². The van der Waals surface area contributed by atoms with Crippen LogP contribution < -0.4 is 35.1 Å². The number of carbonyl (C=O) groups excluding carboxylic acids is 1. The minimum atomic E-state index is -4.81. The van der Waals surface area contributed by atoms with E-state index in [2.05, 4.69) is 37.1 Å². The number of morpholine rings is 1. The van der Waals surface area contributed by atoms with E-state index in [0.717, 1.165) is 55.0 Å². The van der Waals surface area contributed by atoms with Crippen LogP contribution in [0.5, 0.6) is 17.4 Å². The fraction of sp³-hybridized carbons (Fsp3) is 0.527. The molecule has 1 saturated carbocycles. The number of fused-ring (bicyclic) bond motifs is 4. The maximum Gasteiger partial charge on any atom is 0.297 e. The topological polar surface area (TPSA) is 240 Å². The summed E-state index contributed by atoms with van der Waals surface area (Å²) in [5.41, 5.74) is 7.70. The van der Waals surface area contributed by atoms with Crippen molar-refractivity contribution < 1.29 is 46.9 Å². The summed E-state index contributed by atoms with van der Waals surface area (Å²) in [7, 11) is -4.81. The zero-order valence-corrected chi connectivity index (χ0v) is 44.1. The van der Waals surface area contributed by atoms with Crippen LogP contribution in [0.3, 0.4) is 0 Å². The molecule has 6 aliphatic heterocycles. The summed E-state index contributed by atoms with van der Waals surface area (Å²) in [6, 6.07) is 17.2. The molecule has 2 aromatic heterocycles. The largest absolute Gasteiger partial charge is 0.491 e. The lowest BCUT2D eigenvalue weighted by Gasteiger charge is -2.57. The quantitative estimate of drug-likeness (QED) is 0.0749. The van der Waals surface area contributed by atoms with E-state index in [-0.39, 0.29) is 75.2 Å². The highest BCUT2D eigenvalue weighted by molar-refractivity contribution is 7.91. The molecule has 1 amide bonds. The molecule has 8 heterocycles. The third-order valence-electron chi connectivity index (χ3n) is 17.0. The van der Waals surface area contributed by atoms with Crippen molar-refractivity contribution in [1.82, 2.24) is 19.8 Å². The van der Waals surface area contributed by atoms with Gasteiger partial charge >= 0.3 is 0 Å². The van der Waals surface area contributed by atoms with Crippen LogP contribution in [-0.2, 0) is 19.3 Å². The number of nitrogens with one attached hydrogen (secondary N) is 2. The Morgan fingerprint density at radius 1 is 0.974 bits per heavy atom. The standard InChI is InChI=1S/C55H67N9O11S/c1-33(2)74-45-7-5-4-6-38(45)44-31-72-23-21-62(44)36-27-55(28-36)14-19-61(20-15-55)41-9-8-39(51(56)65)49(63-40-11-22-71-32-47(40)75-53-43(63)24-34-10-16-57-52(34)59-53)50(41)76(69,70)37-25-42(64(67)68)48-46(26-37)73-30-35(58-48)29-60-17-12-54(3,66)13-18-60/h4-10,16,24-26,33,35-36,40,44,47,58,66H,11-15,17-23,27-32H2,1-3H3,(H2,56,65)(H,57,59)/t35-,40+,44+,47+/m1/s1. The number of pyridine rings is 1. The number of carbonyl (C=O) groups is 1. The van der Waals surface area contributed by atoms with E-state index < -0.39 is 44.1 Å². The maximum atomic E-state index is 16.2. The van der Waals surface area contributed by atoms with Gasteiger partial charge in [-0.2, -0.15) is 4.98 Å². The number of hydrogen-bond donors (Lipinski definition) is 4. The molecule has 20 nitrogen and oxygen atoms in total. The molecule has 1 spiro atoms. The molecule has 5 N–H and O–H groups in total. The Morgan fingerprint density at radius 3 is 2.51 bits per heavy atom. The molecule has 4 atom stereocenters. The summed E-state index contributed by atoms with van der Waals surface area (Å²) in [6.45, 7) is 11.4. The van der Waals surface area contributed by atoms with Gasteiger partial charge in [0.2, 0.25) is 15.7 Å². The van der Waals surface area contributed by atoms with E-state index in [0.29, 0.717) is 94.9 Å². The molecule has 4 saturated heterocycles. The maximum absolute atomic E-state index is 16.2. The van der Waals surface area contributed by atoms with Gasteiger partial charge in [0.25, 0.3) is 11.6 Å². The van der Waals surface area contributed by atoms with Gasteiger partial charge in [0.05, 0.1) is 76.4 Å². The average Bonchev–Trinajstić information content (AvgIpc) is 3.99. The molecule has 1 aliphatic carbocycles. The molecule has 21 heteroatoms. The molecule has 0 unspecified atom stereocenters. The average molecular weight is 1060 g/mol. The number of nitro groups is 1. The number of para-hydroxylation sites is 1. The number of rotatable bonds is 12. The lowest BCUT2D eigenvalue weighted by atomic mass is 9.59. The predicted octanol–water partition coefficient (Wildman–Crippen LogP) is 6.72. The molecule has 3 aromatic carbocycles. The van der Waals surface area contributed by atoms with Crippen molar-refractivity contribution >= 4 is 55.2 Å². The number of nitrogens with two attached hydrogens (primary N) is 1. The molecule has 5 fully saturated rings. The highest BCUT2D eigenvalue weighted by atomic mass is 32.2. The molecule has 0 bridgehead atoms. The number of sulfone groups is 1. The number of nitro benzene ring substituents is 1. The van der Waals surface area contributed by atoms with E-state index in [1.807, 2.05) is 49.9 Å². The number of H-pyrrole nitrogens is 1. The van der Waals surface area contributed by atoms with E-state index in [1.54, 1.807) is 18.3 Å². The summed E-state index contributed by atoms with van der Waals surface area (Å²) in [6.07, 6.45) is 6.30. The third-order valence-corrected chi connectivity index (χ3v) is 18.8. The number of ether oxygens (including phenoxy) is 5. The zero-order chi connectivity index (χ0) is 52.7. The number of benzene rings is 3. The van der Waals surface area contributed by atoms with Crippen molar-refractivity contribution in [3.63, 3.8) is 0 Å². The molecular weight excluding hydrogens is 995 g/mol. The van der Waals surface area contributed by atoms with Gasteiger partial charge in [-0.3, -0.25) is 19.8 Å². The number of aromatic nitrogens is 2. The first kappa shape index (κ1) is 50.6. The third kappa shape index (κ3) is 9.25. The van der Waals surface area contributed by atoms with Crippen molar-refractivity contribution in [1.29, 1.82) is 0 Å². The number of hydrogen-bond acceptors (Lipinski definition) is 17. The van der Waals surface area contributed by atoms with Gasteiger partial charge in [-0.25, -0.2) is 8.42 Å². The molecule has 404 valence electrons. The van der Waals surface area contributed by atoms with Gasteiger partial charge < -0.3 is 59.5 Å². The fourth-order valence-electron chi connectivity index (χ4n) is 13.0. The molecule has 0 radical (unpaired) electrons. The van der Waals surface area contributed by atoms with Crippen LogP contribution in [0.1, 0.15) is 87.7 Å². The second-order valence-corrected chi connectivity index (χ2v) is 24.4. The minimum absolute atomic E-state index is 0.0216. The second kappa shape index (κ2) is 19.7. The van der Waals surface area contributed by atoms with Crippen LogP contribution in [0.15, 0.2) is 76.7 Å². The van der Waals surface area contributed by atoms with Gasteiger partial charge in [-0.05, 0) is 101 Å². The van der Waals surface area contributed by atoms with Crippen LogP contribution in [0.4, 0.5) is 28.4 Å². The predicted molar refractivity (Wildman–Crippen MR) is 284 cm³/mol. The van der Waals surface area contributed by atoms with Crippen molar-refractivity contribution in [3.05, 3.63) is 88.1 Å². The summed E-state index contributed by atoms with van der Waals surface area (Å²) in [4.78, 5) is 42.6. The van der Waals surface area contributed by atoms with E-state index >= 15 is 8.42 Å². The molecular formula is C55H67N9O11S. The van der Waals surface area contributed by atoms with Crippen LogP contribution in [0, 0.1) is 15.5 Å². The second-order valence-electron chi connectivity index (χ2n) is 22.5. The highest BCUT2D eigenvalue weighted by Crippen LogP contribution is 2.56. The first-order valence-electron chi connectivity index (χ1n) is 26.8. The number of likely N-dealkylation sites (tertiary alicyclic amines) is 1. The molecule has 12 rings (SSSR count). The SMILES string of the molecule is CC(C)Oc1ccccc1[C@@H]1COCCN1C1CC2(CCN(c3ccc(C(N)=O)c(N4c5cc6cc[nH]c6nc5O[C@H]5COCC[C@@H]54)c3S(=O)(=O)c3cc4c(c([N+](=O)[O-])c3)N[C@H](CN3CCC(C)(O)CC3)CO4)CC2)C1. The number of anilines is 4. The number of piperidine rings is 2. The summed E-state index contributed by atoms with van der Waals surface area (Å²) >= 11 is 0. The van der Waals surface area contributed by atoms with Crippen LogP contribution in [0.25, 0.3) is 11.0 Å². The Hall–Kier alpha value is -6.23. The normalized spacial score (nSPS) is 24.6. The number of nitrogens with zero attached hydrogens (tertiary/aromatic N) is 6. The smallest absolute Gasteiger partial charge is 0.297 e. The zero-order valence-electron chi connectivity index (χ0n) is 43.2. The van der Waals surface area contributed by atoms with Crippen LogP contribution >= 0.6 is 0 Å². The first-order valence-corrected chi connectivity index (χ1v) is 28.3. The molecule has 7 aliphatic rings. The number of aromatic amines is 1. The summed E-state index contributed by atoms with van der Waals surface area (Å²) in [5.74, 6) is 0.267. The first-order chi connectivity index (χ1) is 36.5. The summed E-state index contributed by atoms with van der Waals surface area (Å²) < 4.78 is 63.6. The van der Waals surface area contributed by atoms with Crippen molar-refractivity contribution in [2.75, 3.05) is 87.4 Å². The van der Waals surface area contributed by atoms with Crippen molar-refractivity contribution in [2.24, 2.45) is 11.1 Å². The van der Waals surface area contributed by atoms with E-state index in [1.165, 1.54) is 6.07 Å². The lowest BCUT2D eigenvalue weighted by molar-refractivity contribution is -0.384. The highest BCUT2D eigenvalue weighted by Gasteiger charge is 2.51. The lowest BCUT2D eigenvalue weighted by Crippen LogP contribution is -2.58. The number of primary amides is 1. The Balaban J connectivity index is 0.921. The van der Waals surface area contributed by atoms with Gasteiger partial charge in [0.15, 0.2) is 11.4 Å². The Bertz CT molecular complexity index is 3160. The monoisotopic (exact) mass is 1060 g/mol. The Morgan fingerprint density at radius 2 is 1.75 bits per heavy atom. The van der Waals surface area contributed by atoms with Gasteiger partial charge in [0.1, 0.15) is 34.7 Å².